The number of amides is 1. The highest BCUT2D eigenvalue weighted by atomic mass is 32.2. The van der Waals surface area contributed by atoms with Crippen LogP contribution in [0, 0.1) is 0 Å². The maximum absolute atomic E-state index is 12.7. The summed E-state index contributed by atoms with van der Waals surface area (Å²) >= 11 is 1.30. The molecule has 0 saturated carbocycles. The fourth-order valence-corrected chi connectivity index (χ4v) is 3.59. The van der Waals surface area contributed by atoms with Crippen molar-refractivity contribution in [2.45, 2.75) is 30.7 Å². The van der Waals surface area contributed by atoms with Crippen LogP contribution in [-0.4, -0.2) is 41.3 Å². The number of thioether (sulfide) groups is 1. The van der Waals surface area contributed by atoms with Crippen molar-refractivity contribution in [3.05, 3.63) is 60.4 Å². The van der Waals surface area contributed by atoms with Crippen LogP contribution in [0.4, 0.5) is 5.69 Å². The lowest BCUT2D eigenvalue weighted by Crippen LogP contribution is -2.23. The summed E-state index contributed by atoms with van der Waals surface area (Å²) in [5.74, 6) is -0.144. The molecule has 1 N–H and O–H groups in total. The van der Waals surface area contributed by atoms with Crippen molar-refractivity contribution < 1.29 is 4.79 Å². The van der Waals surface area contributed by atoms with Crippen molar-refractivity contribution in [3.8, 4) is 5.69 Å². The van der Waals surface area contributed by atoms with Gasteiger partial charge >= 0.3 is 0 Å². The average Bonchev–Trinajstić information content (AvgIpc) is 3.21. The predicted octanol–water partition coefficient (Wildman–Crippen LogP) is 3.29. The number of fused-ring (bicyclic) bond motifs is 1. The molecule has 0 fully saturated rings. The molecule has 4 aromatic rings. The number of rotatable bonds is 6. The SMILES string of the molecule is CCc1ccc(-n2nnnc2SC(C)C(=O)Nc2ccc3nccnc3c2)cc1. The minimum atomic E-state index is -0.396. The van der Waals surface area contributed by atoms with E-state index < -0.39 is 5.25 Å². The summed E-state index contributed by atoms with van der Waals surface area (Å²) in [7, 11) is 0. The van der Waals surface area contributed by atoms with Gasteiger partial charge in [0.25, 0.3) is 0 Å². The lowest BCUT2D eigenvalue weighted by atomic mass is 10.1. The van der Waals surface area contributed by atoms with Gasteiger partial charge in [0.05, 0.1) is 22.0 Å². The second-order valence-corrected chi connectivity index (χ2v) is 7.71. The van der Waals surface area contributed by atoms with Gasteiger partial charge in [-0.25, -0.2) is 0 Å². The molecule has 0 spiro atoms. The molecular formula is C20H19N7OS. The van der Waals surface area contributed by atoms with Crippen molar-refractivity contribution >= 4 is 34.4 Å². The van der Waals surface area contributed by atoms with Crippen molar-refractivity contribution in [3.63, 3.8) is 0 Å². The largest absolute Gasteiger partial charge is 0.325 e. The molecule has 4 rings (SSSR count). The van der Waals surface area contributed by atoms with Crippen LogP contribution in [0.3, 0.4) is 0 Å². The highest BCUT2D eigenvalue weighted by molar-refractivity contribution is 8.00. The lowest BCUT2D eigenvalue weighted by molar-refractivity contribution is -0.115. The van der Waals surface area contributed by atoms with Crippen LogP contribution < -0.4 is 5.32 Å². The number of benzene rings is 2. The molecule has 2 aromatic heterocycles. The number of hydrogen-bond acceptors (Lipinski definition) is 7. The van der Waals surface area contributed by atoms with Gasteiger partial charge in [0.1, 0.15) is 0 Å². The van der Waals surface area contributed by atoms with Crippen molar-refractivity contribution in [1.29, 1.82) is 0 Å². The van der Waals surface area contributed by atoms with E-state index in [2.05, 4.69) is 37.7 Å². The smallest absolute Gasteiger partial charge is 0.237 e. The summed E-state index contributed by atoms with van der Waals surface area (Å²) in [5, 5.41) is 15.0. The lowest BCUT2D eigenvalue weighted by Gasteiger charge is -2.12. The molecule has 146 valence electrons. The van der Waals surface area contributed by atoms with E-state index in [1.54, 1.807) is 23.1 Å². The highest BCUT2D eigenvalue weighted by Crippen LogP contribution is 2.24. The first-order valence-electron chi connectivity index (χ1n) is 9.20. The molecule has 2 heterocycles. The Labute approximate surface area is 171 Å². The van der Waals surface area contributed by atoms with Crippen LogP contribution in [0.25, 0.3) is 16.7 Å². The Morgan fingerprint density at radius 3 is 2.62 bits per heavy atom. The van der Waals surface area contributed by atoms with Crippen LogP contribution in [0.2, 0.25) is 0 Å². The van der Waals surface area contributed by atoms with E-state index >= 15 is 0 Å². The average molecular weight is 405 g/mol. The van der Waals surface area contributed by atoms with Crippen LogP contribution >= 0.6 is 11.8 Å². The van der Waals surface area contributed by atoms with Crippen molar-refractivity contribution in [1.82, 2.24) is 30.2 Å². The summed E-state index contributed by atoms with van der Waals surface area (Å²) < 4.78 is 1.64. The Bertz CT molecular complexity index is 1140. The van der Waals surface area contributed by atoms with Crippen molar-refractivity contribution in [2.24, 2.45) is 0 Å². The molecule has 0 saturated heterocycles. The summed E-state index contributed by atoms with van der Waals surface area (Å²) in [6.07, 6.45) is 4.23. The predicted molar refractivity (Wildman–Crippen MR) is 112 cm³/mol. The number of carbonyl (C=O) groups excluding carboxylic acids is 1. The number of nitrogens with zero attached hydrogens (tertiary/aromatic N) is 6. The summed E-state index contributed by atoms with van der Waals surface area (Å²) in [5.41, 5.74) is 4.27. The third-order valence-corrected chi connectivity index (χ3v) is 5.45. The molecule has 9 heteroatoms. The zero-order valence-electron chi connectivity index (χ0n) is 16.0. The van der Waals surface area contributed by atoms with Crippen LogP contribution in [0.5, 0.6) is 0 Å². The molecule has 29 heavy (non-hydrogen) atoms. The third kappa shape index (κ3) is 4.24. The van der Waals surface area contributed by atoms with Gasteiger partial charge in [-0.05, 0) is 59.7 Å². The van der Waals surface area contributed by atoms with Gasteiger partial charge in [-0.15, -0.1) is 5.10 Å². The molecule has 0 radical (unpaired) electrons. The Balaban J connectivity index is 1.46. The Morgan fingerprint density at radius 2 is 1.86 bits per heavy atom. The minimum Gasteiger partial charge on any atom is -0.325 e. The molecule has 0 aliphatic carbocycles. The van der Waals surface area contributed by atoms with Gasteiger partial charge in [-0.3, -0.25) is 14.8 Å². The van der Waals surface area contributed by atoms with E-state index in [4.69, 9.17) is 0 Å². The second kappa shape index (κ2) is 8.36. The molecule has 0 aliphatic heterocycles. The number of anilines is 1. The number of hydrogen-bond donors (Lipinski definition) is 1. The molecule has 8 nitrogen and oxygen atoms in total. The molecule has 2 aromatic carbocycles. The fourth-order valence-electron chi connectivity index (χ4n) is 2.78. The number of aromatic nitrogens is 6. The number of carbonyl (C=O) groups is 1. The van der Waals surface area contributed by atoms with Gasteiger partial charge in [0.2, 0.25) is 11.1 Å². The van der Waals surface area contributed by atoms with Crippen LogP contribution in [0.1, 0.15) is 19.4 Å². The Morgan fingerprint density at radius 1 is 1.10 bits per heavy atom. The Kier molecular flexibility index (Phi) is 5.48. The van der Waals surface area contributed by atoms with E-state index in [0.717, 1.165) is 23.1 Å². The summed E-state index contributed by atoms with van der Waals surface area (Å²) in [6.45, 7) is 3.93. The van der Waals surface area contributed by atoms with E-state index in [9.17, 15) is 4.79 Å². The fraction of sp³-hybridized carbons (Fsp3) is 0.200. The zero-order chi connectivity index (χ0) is 20.2. The number of nitrogens with one attached hydrogen (secondary N) is 1. The quantitative estimate of drug-likeness (QED) is 0.492. The summed E-state index contributed by atoms with van der Waals surface area (Å²) in [4.78, 5) is 21.2. The van der Waals surface area contributed by atoms with Crippen LogP contribution in [-0.2, 0) is 11.2 Å². The first kappa shape index (κ1) is 19.0. The maximum Gasteiger partial charge on any atom is 0.237 e. The zero-order valence-corrected chi connectivity index (χ0v) is 16.8. The molecule has 0 aliphatic rings. The first-order valence-corrected chi connectivity index (χ1v) is 10.1. The third-order valence-electron chi connectivity index (χ3n) is 4.42. The molecular weight excluding hydrogens is 386 g/mol. The second-order valence-electron chi connectivity index (χ2n) is 6.40. The monoisotopic (exact) mass is 405 g/mol. The number of tetrazole rings is 1. The van der Waals surface area contributed by atoms with Crippen molar-refractivity contribution in [2.75, 3.05) is 5.32 Å². The van der Waals surface area contributed by atoms with Gasteiger partial charge in [0, 0.05) is 18.1 Å². The first-order chi connectivity index (χ1) is 14.1. The normalized spacial score (nSPS) is 12.1. The van der Waals surface area contributed by atoms with Gasteiger partial charge in [-0.1, -0.05) is 30.8 Å². The number of aryl methyl sites for hydroxylation is 1. The summed E-state index contributed by atoms with van der Waals surface area (Å²) in [6, 6.07) is 13.5. The Hall–Kier alpha value is -3.33. The van der Waals surface area contributed by atoms with E-state index in [0.29, 0.717) is 10.8 Å². The van der Waals surface area contributed by atoms with E-state index in [1.807, 2.05) is 43.3 Å². The molecule has 1 unspecified atom stereocenters. The van der Waals surface area contributed by atoms with E-state index in [-0.39, 0.29) is 5.91 Å². The minimum absolute atomic E-state index is 0.144. The maximum atomic E-state index is 12.7. The molecule has 0 bridgehead atoms. The van der Waals surface area contributed by atoms with Gasteiger partial charge in [0.15, 0.2) is 0 Å². The molecule has 1 amide bonds. The standard InChI is InChI=1S/C20H19N7OS/c1-3-14-4-7-16(8-5-14)27-20(24-25-26-27)29-13(2)19(28)23-15-6-9-17-18(12-15)22-11-10-21-17/h4-13H,3H2,1-2H3,(H,23,28). The topological polar surface area (TPSA) is 98.5 Å². The van der Waals surface area contributed by atoms with Gasteiger partial charge < -0.3 is 5.32 Å². The van der Waals surface area contributed by atoms with Gasteiger partial charge in [-0.2, -0.15) is 4.68 Å². The van der Waals surface area contributed by atoms with E-state index in [1.165, 1.54) is 17.3 Å². The van der Waals surface area contributed by atoms with Crippen LogP contribution in [0.15, 0.2) is 60.0 Å². The molecule has 1 atom stereocenters. The highest BCUT2D eigenvalue weighted by Gasteiger charge is 2.19.